The van der Waals surface area contributed by atoms with Gasteiger partial charge in [-0.25, -0.2) is 4.79 Å². The number of rotatable bonds is 9. The van der Waals surface area contributed by atoms with Crippen molar-refractivity contribution in [1.82, 2.24) is 10.6 Å². The molecule has 0 fully saturated rings. The van der Waals surface area contributed by atoms with Crippen molar-refractivity contribution in [1.29, 1.82) is 0 Å². The van der Waals surface area contributed by atoms with Crippen LogP contribution < -0.4 is 16.4 Å². The predicted molar refractivity (Wildman–Crippen MR) is 75.2 cm³/mol. The van der Waals surface area contributed by atoms with Crippen LogP contribution in [0.2, 0.25) is 0 Å². The summed E-state index contributed by atoms with van der Waals surface area (Å²) in [6, 6.07) is -2.12. The lowest BCUT2D eigenvalue weighted by Gasteiger charge is -2.17. The van der Waals surface area contributed by atoms with Gasteiger partial charge in [-0.2, -0.15) is 11.8 Å². The number of nitrogens with two attached hydrogens (primary N) is 1. The van der Waals surface area contributed by atoms with Crippen molar-refractivity contribution in [2.75, 3.05) is 18.6 Å². The average molecular weight is 307 g/mol. The minimum absolute atomic E-state index is 0.387. The van der Waals surface area contributed by atoms with Crippen LogP contribution in [0.25, 0.3) is 0 Å². The van der Waals surface area contributed by atoms with Crippen LogP contribution in [0.4, 0.5) is 0 Å². The van der Waals surface area contributed by atoms with Crippen LogP contribution in [-0.4, -0.2) is 64.7 Å². The molecular weight excluding hydrogens is 286 g/mol. The number of hydrogen-bond donors (Lipinski definition) is 5. The fourth-order valence-electron chi connectivity index (χ4n) is 1.29. The van der Waals surface area contributed by atoms with E-state index in [2.05, 4.69) is 10.6 Å². The van der Waals surface area contributed by atoms with E-state index in [9.17, 15) is 19.5 Å². The first kappa shape index (κ1) is 18.7. The van der Waals surface area contributed by atoms with Gasteiger partial charge in [0.1, 0.15) is 0 Å². The molecule has 0 rings (SSSR count). The maximum absolute atomic E-state index is 11.5. The van der Waals surface area contributed by atoms with E-state index in [1.807, 2.05) is 6.26 Å². The minimum Gasteiger partial charge on any atom is -0.480 e. The fraction of sp³-hybridized carbons (Fsp3) is 0.727. The molecule has 0 aliphatic rings. The molecule has 6 N–H and O–H groups in total. The second-order valence-electron chi connectivity index (χ2n) is 4.23. The third-order valence-electron chi connectivity index (χ3n) is 2.46. The molecule has 0 radical (unpaired) electrons. The van der Waals surface area contributed by atoms with Gasteiger partial charge in [0.25, 0.3) is 0 Å². The first-order valence-electron chi connectivity index (χ1n) is 6.02. The van der Waals surface area contributed by atoms with Crippen molar-refractivity contribution in [3.8, 4) is 0 Å². The first-order chi connectivity index (χ1) is 9.29. The molecule has 8 nitrogen and oxygen atoms in total. The molecule has 0 aromatic rings. The zero-order valence-corrected chi connectivity index (χ0v) is 12.3. The van der Waals surface area contributed by atoms with Gasteiger partial charge in [0, 0.05) is 0 Å². The zero-order chi connectivity index (χ0) is 15.7. The summed E-state index contributed by atoms with van der Waals surface area (Å²) in [5, 5.41) is 22.4. The van der Waals surface area contributed by atoms with E-state index in [4.69, 9.17) is 10.8 Å². The number of carbonyl (C=O) groups excluding carboxylic acids is 2. The Balaban J connectivity index is 4.15. The number of hydrogen-bond acceptors (Lipinski definition) is 6. The van der Waals surface area contributed by atoms with Crippen molar-refractivity contribution < 1.29 is 24.6 Å². The monoisotopic (exact) mass is 307 g/mol. The summed E-state index contributed by atoms with van der Waals surface area (Å²) in [5.41, 5.74) is 5.60. The molecule has 0 spiro atoms. The third kappa shape index (κ3) is 7.31. The highest BCUT2D eigenvalue weighted by Gasteiger charge is 2.25. The molecule has 116 valence electrons. The molecule has 0 aliphatic heterocycles. The van der Waals surface area contributed by atoms with Crippen molar-refractivity contribution in [2.45, 2.75) is 31.5 Å². The highest BCUT2D eigenvalue weighted by molar-refractivity contribution is 7.98. The fourth-order valence-corrected chi connectivity index (χ4v) is 1.78. The minimum atomic E-state index is -1.41. The molecule has 20 heavy (non-hydrogen) atoms. The van der Waals surface area contributed by atoms with Gasteiger partial charge < -0.3 is 26.6 Å². The molecule has 0 aliphatic carbocycles. The van der Waals surface area contributed by atoms with Crippen molar-refractivity contribution >= 4 is 29.5 Å². The van der Waals surface area contributed by atoms with Gasteiger partial charge in [0.15, 0.2) is 6.04 Å². The Morgan fingerprint density at radius 3 is 2.40 bits per heavy atom. The molecule has 9 heteroatoms. The Bertz CT molecular complexity index is 351. The first-order valence-corrected chi connectivity index (χ1v) is 7.41. The quantitative estimate of drug-likeness (QED) is 0.336. The van der Waals surface area contributed by atoms with Crippen LogP contribution in [0.3, 0.4) is 0 Å². The maximum atomic E-state index is 11.5. The number of carboxylic acids is 1. The normalized spacial score (nSPS) is 15.0. The van der Waals surface area contributed by atoms with Crippen LogP contribution in [0.1, 0.15) is 13.3 Å². The number of aliphatic carboxylic acids is 1. The molecule has 0 heterocycles. The second-order valence-corrected chi connectivity index (χ2v) is 5.22. The number of nitrogens with one attached hydrogen (secondary N) is 2. The van der Waals surface area contributed by atoms with E-state index in [0.717, 1.165) is 5.75 Å². The van der Waals surface area contributed by atoms with Crippen molar-refractivity contribution in [3.05, 3.63) is 0 Å². The number of aliphatic hydroxyl groups excluding tert-OH is 1. The van der Waals surface area contributed by atoms with E-state index in [1.54, 1.807) is 11.8 Å². The Hall–Kier alpha value is -1.32. The molecule has 0 saturated carbocycles. The summed E-state index contributed by atoms with van der Waals surface area (Å²) in [6.45, 7) is 0.859. The lowest BCUT2D eigenvalue weighted by atomic mass is 10.2. The molecule has 0 bridgehead atoms. The summed E-state index contributed by atoms with van der Waals surface area (Å²) in [4.78, 5) is 33.7. The highest BCUT2D eigenvalue weighted by Crippen LogP contribution is 1.98. The number of carbonyl (C=O) groups is 3. The van der Waals surface area contributed by atoms with Crippen LogP contribution in [-0.2, 0) is 14.4 Å². The maximum Gasteiger partial charge on any atom is 0.328 e. The van der Waals surface area contributed by atoms with Crippen LogP contribution in [0.15, 0.2) is 0 Å². The number of thioether (sulfide) groups is 1. The molecule has 0 aromatic heterocycles. The largest absolute Gasteiger partial charge is 0.480 e. The third-order valence-corrected chi connectivity index (χ3v) is 3.10. The Morgan fingerprint density at radius 2 is 1.95 bits per heavy atom. The Kier molecular flexibility index (Phi) is 8.93. The van der Waals surface area contributed by atoms with Gasteiger partial charge >= 0.3 is 5.97 Å². The van der Waals surface area contributed by atoms with Crippen LogP contribution in [0.5, 0.6) is 0 Å². The smallest absolute Gasteiger partial charge is 0.328 e. The van der Waals surface area contributed by atoms with Crippen molar-refractivity contribution in [2.24, 2.45) is 5.73 Å². The van der Waals surface area contributed by atoms with Crippen LogP contribution >= 0.6 is 11.8 Å². The SMILES string of the molecule is CSCC[C@H](N)C(=O)NCC(=O)N[C@H](C(=O)O)[C@@H](C)O. The summed E-state index contributed by atoms with van der Waals surface area (Å²) < 4.78 is 0. The van der Waals surface area contributed by atoms with Gasteiger partial charge in [0.05, 0.1) is 18.7 Å². The average Bonchev–Trinajstić information content (AvgIpc) is 2.38. The summed E-state index contributed by atoms with van der Waals surface area (Å²) >= 11 is 1.55. The molecule has 3 atom stereocenters. The number of carboxylic acid groups (broad SMARTS) is 1. The van der Waals surface area contributed by atoms with Gasteiger partial charge in [-0.3, -0.25) is 9.59 Å². The Morgan fingerprint density at radius 1 is 1.35 bits per heavy atom. The Labute approximate surface area is 121 Å². The summed E-state index contributed by atoms with van der Waals surface area (Å²) in [5.74, 6) is -1.80. The van der Waals surface area contributed by atoms with E-state index in [-0.39, 0.29) is 6.54 Å². The van der Waals surface area contributed by atoms with Gasteiger partial charge in [-0.15, -0.1) is 0 Å². The molecule has 0 aromatic carbocycles. The topological polar surface area (TPSA) is 142 Å². The second kappa shape index (κ2) is 9.56. The lowest BCUT2D eigenvalue weighted by Crippen LogP contribution is -2.51. The van der Waals surface area contributed by atoms with Gasteiger partial charge in [-0.1, -0.05) is 0 Å². The molecule has 0 saturated heterocycles. The number of aliphatic hydroxyl groups is 1. The van der Waals surface area contributed by atoms with Crippen molar-refractivity contribution in [3.63, 3.8) is 0 Å². The van der Waals surface area contributed by atoms with E-state index in [1.165, 1.54) is 6.92 Å². The lowest BCUT2D eigenvalue weighted by molar-refractivity contribution is -0.144. The standard InChI is InChI=1S/C11H21N3O5S/c1-6(15)9(11(18)19)14-8(16)5-13-10(17)7(12)3-4-20-2/h6-7,9,15H,3-5,12H2,1-2H3,(H,13,17)(H,14,16)(H,18,19)/t6-,7+,9+/m1/s1. The van der Waals surface area contributed by atoms with E-state index < -0.39 is 36.0 Å². The highest BCUT2D eigenvalue weighted by atomic mass is 32.2. The number of amides is 2. The zero-order valence-electron chi connectivity index (χ0n) is 11.5. The van der Waals surface area contributed by atoms with Gasteiger partial charge in [-0.05, 0) is 25.4 Å². The summed E-state index contributed by atoms with van der Waals surface area (Å²) in [6.07, 6.45) is 1.14. The molecule has 2 amide bonds. The molecule has 0 unspecified atom stereocenters. The molecular formula is C11H21N3O5S. The van der Waals surface area contributed by atoms with Gasteiger partial charge in [0.2, 0.25) is 11.8 Å². The predicted octanol–water partition coefficient (Wildman–Crippen LogP) is -1.87. The van der Waals surface area contributed by atoms with E-state index >= 15 is 0 Å². The van der Waals surface area contributed by atoms with E-state index in [0.29, 0.717) is 6.42 Å². The summed E-state index contributed by atoms with van der Waals surface area (Å²) in [7, 11) is 0. The van der Waals surface area contributed by atoms with Crippen LogP contribution in [0, 0.1) is 0 Å².